The van der Waals surface area contributed by atoms with E-state index >= 15 is 0 Å². The van der Waals surface area contributed by atoms with Crippen LogP contribution in [0.4, 0.5) is 5.95 Å². The highest BCUT2D eigenvalue weighted by Gasteiger charge is 2.26. The summed E-state index contributed by atoms with van der Waals surface area (Å²) in [5.74, 6) is -0.195. The van der Waals surface area contributed by atoms with Crippen molar-refractivity contribution in [2.24, 2.45) is 5.41 Å². The third-order valence-corrected chi connectivity index (χ3v) is 2.97. The van der Waals surface area contributed by atoms with Crippen LogP contribution < -0.4 is 0 Å². The van der Waals surface area contributed by atoms with Crippen LogP contribution in [-0.4, -0.2) is 34.4 Å². The maximum Gasteiger partial charge on any atom is 0.434 e. The maximum atomic E-state index is 11.5. The Morgan fingerprint density at radius 3 is 2.67 bits per heavy atom. The molecule has 0 unspecified atom stereocenters. The van der Waals surface area contributed by atoms with Crippen LogP contribution in [0.5, 0.6) is 0 Å². The smallest absolute Gasteiger partial charge is 0.390 e. The van der Waals surface area contributed by atoms with Crippen LogP contribution in [-0.2, 0) is 15.6 Å². The third-order valence-electron chi connectivity index (χ3n) is 2.22. The number of imidazole rings is 1. The normalized spacial score (nSPS) is 12.7. The number of rotatable bonds is 6. The van der Waals surface area contributed by atoms with Gasteiger partial charge in [0.1, 0.15) is 12.4 Å². The molecule has 1 rings (SSSR count). The van der Waals surface area contributed by atoms with Gasteiger partial charge in [-0.25, -0.2) is 4.57 Å². The molecule has 0 atom stereocenters. The highest BCUT2D eigenvalue weighted by atomic mass is 31.2. The van der Waals surface area contributed by atoms with Crippen molar-refractivity contribution in [2.75, 3.05) is 19.9 Å². The second-order valence-corrected chi connectivity index (χ2v) is 8.06. The molecule has 0 aliphatic heterocycles. The predicted molar refractivity (Wildman–Crippen MR) is 68.1 cm³/mol. The fourth-order valence-corrected chi connectivity index (χ4v) is 2.09. The molecular formula is C10H18N3O4P. The summed E-state index contributed by atoms with van der Waals surface area (Å²) in [5, 5.41) is 10.7. The monoisotopic (exact) mass is 275 g/mol. The Morgan fingerprint density at radius 1 is 1.56 bits per heavy atom. The van der Waals surface area contributed by atoms with Crippen LogP contribution >= 0.6 is 7.37 Å². The molecule has 8 heteroatoms. The summed E-state index contributed by atoms with van der Waals surface area (Å²) in [6.07, 6.45) is 2.94. The molecule has 0 amide bonds. The van der Waals surface area contributed by atoms with Crippen LogP contribution in [0.1, 0.15) is 13.8 Å². The molecule has 1 aromatic heterocycles. The van der Waals surface area contributed by atoms with Crippen LogP contribution in [0, 0.1) is 15.5 Å². The van der Waals surface area contributed by atoms with E-state index in [-0.39, 0.29) is 18.0 Å². The lowest BCUT2D eigenvalue weighted by molar-refractivity contribution is -0.397. The van der Waals surface area contributed by atoms with Crippen molar-refractivity contribution in [3.8, 4) is 0 Å². The minimum Gasteiger partial charge on any atom is -0.390 e. The van der Waals surface area contributed by atoms with Gasteiger partial charge in [-0.15, -0.1) is 0 Å². The van der Waals surface area contributed by atoms with Gasteiger partial charge in [0.25, 0.3) is 0 Å². The van der Waals surface area contributed by atoms with E-state index in [1.54, 1.807) is 19.5 Å². The average molecular weight is 275 g/mol. The molecule has 18 heavy (non-hydrogen) atoms. The molecule has 1 heterocycles. The van der Waals surface area contributed by atoms with Crippen molar-refractivity contribution < 1.29 is 14.0 Å². The minimum atomic E-state index is -2.54. The van der Waals surface area contributed by atoms with E-state index in [2.05, 4.69) is 4.98 Å². The second kappa shape index (κ2) is 5.20. The molecule has 0 N–H and O–H groups in total. The molecule has 102 valence electrons. The zero-order valence-electron chi connectivity index (χ0n) is 11.0. The Balaban J connectivity index is 2.73. The number of hydrogen-bond donors (Lipinski definition) is 0. The standard InChI is InChI=1S/C10H18N3O4P/c1-10(2,8-17-18(3,4)16)7-12-6-5-11-9(12)13(14)15/h5-6H,7-8H2,1-4H3. The largest absolute Gasteiger partial charge is 0.434 e. The van der Waals surface area contributed by atoms with Crippen LogP contribution in [0.15, 0.2) is 12.4 Å². The summed E-state index contributed by atoms with van der Waals surface area (Å²) < 4.78 is 18.2. The predicted octanol–water partition coefficient (Wildman–Crippen LogP) is 2.37. The van der Waals surface area contributed by atoms with Crippen molar-refractivity contribution in [3.63, 3.8) is 0 Å². The Labute approximate surface area is 106 Å². The molecule has 1 aromatic rings. The summed E-state index contributed by atoms with van der Waals surface area (Å²) in [6.45, 7) is 7.53. The van der Waals surface area contributed by atoms with Gasteiger partial charge in [0, 0.05) is 18.7 Å². The number of nitrogens with zero attached hydrogens (tertiary/aromatic N) is 3. The molecular weight excluding hydrogens is 257 g/mol. The van der Waals surface area contributed by atoms with E-state index in [4.69, 9.17) is 4.52 Å². The zero-order chi connectivity index (χ0) is 14.0. The van der Waals surface area contributed by atoms with E-state index in [0.29, 0.717) is 6.54 Å². The lowest BCUT2D eigenvalue weighted by Gasteiger charge is -2.24. The van der Waals surface area contributed by atoms with E-state index < -0.39 is 12.3 Å². The van der Waals surface area contributed by atoms with Gasteiger partial charge < -0.3 is 14.6 Å². The maximum absolute atomic E-state index is 11.5. The van der Waals surface area contributed by atoms with Crippen molar-refractivity contribution in [1.29, 1.82) is 0 Å². The van der Waals surface area contributed by atoms with Gasteiger partial charge in [-0.05, 0) is 4.92 Å². The third kappa shape index (κ3) is 4.58. The SMILES string of the molecule is CC(C)(COP(C)(C)=O)Cn1ccnc1[N+](=O)[O-]. The summed E-state index contributed by atoms with van der Waals surface area (Å²) in [4.78, 5) is 13.9. The first kappa shape index (κ1) is 14.9. The van der Waals surface area contributed by atoms with Gasteiger partial charge in [-0.1, -0.05) is 18.8 Å². The topological polar surface area (TPSA) is 87.3 Å². The molecule has 0 radical (unpaired) electrons. The summed E-state index contributed by atoms with van der Waals surface area (Å²) in [6, 6.07) is 0. The van der Waals surface area contributed by atoms with E-state index in [0.717, 1.165) is 0 Å². The first-order valence-corrected chi connectivity index (χ1v) is 7.98. The first-order valence-electron chi connectivity index (χ1n) is 5.46. The van der Waals surface area contributed by atoms with Crippen molar-refractivity contribution in [3.05, 3.63) is 22.5 Å². The van der Waals surface area contributed by atoms with Crippen molar-refractivity contribution in [1.82, 2.24) is 9.55 Å². The molecule has 0 aromatic carbocycles. The molecule has 7 nitrogen and oxygen atoms in total. The Morgan fingerprint density at radius 2 is 2.17 bits per heavy atom. The Hall–Kier alpha value is -1.20. The highest BCUT2D eigenvalue weighted by molar-refractivity contribution is 7.57. The van der Waals surface area contributed by atoms with Gasteiger partial charge in [-0.2, -0.15) is 0 Å². The second-order valence-electron chi connectivity index (χ2n) is 5.30. The first-order chi connectivity index (χ1) is 8.11. The number of nitro groups is 1. The van der Waals surface area contributed by atoms with Gasteiger partial charge in [0.15, 0.2) is 7.37 Å². The Kier molecular flexibility index (Phi) is 4.29. The minimum absolute atomic E-state index is 0.195. The van der Waals surface area contributed by atoms with E-state index in [9.17, 15) is 14.7 Å². The van der Waals surface area contributed by atoms with Crippen LogP contribution in [0.2, 0.25) is 0 Å². The van der Waals surface area contributed by atoms with E-state index in [1.807, 2.05) is 13.8 Å². The molecule has 0 aliphatic carbocycles. The fourth-order valence-electron chi connectivity index (χ4n) is 1.43. The molecule has 0 spiro atoms. The van der Waals surface area contributed by atoms with Gasteiger partial charge in [0.05, 0.1) is 13.2 Å². The molecule has 0 saturated carbocycles. The summed E-state index contributed by atoms with van der Waals surface area (Å²) in [7, 11) is -2.54. The lowest BCUT2D eigenvalue weighted by Crippen LogP contribution is -2.25. The lowest BCUT2D eigenvalue weighted by atomic mass is 9.95. The quantitative estimate of drug-likeness (QED) is 0.452. The fraction of sp³-hybridized carbons (Fsp3) is 0.700. The zero-order valence-corrected chi connectivity index (χ0v) is 11.9. The van der Waals surface area contributed by atoms with Crippen molar-refractivity contribution in [2.45, 2.75) is 20.4 Å². The average Bonchev–Trinajstić information content (AvgIpc) is 2.61. The molecule has 0 fully saturated rings. The number of hydrogen-bond acceptors (Lipinski definition) is 5. The van der Waals surface area contributed by atoms with Gasteiger partial charge in [0.2, 0.25) is 0 Å². The summed E-state index contributed by atoms with van der Waals surface area (Å²) in [5.41, 5.74) is -0.368. The molecule has 0 saturated heterocycles. The van der Waals surface area contributed by atoms with Crippen molar-refractivity contribution >= 4 is 13.3 Å². The van der Waals surface area contributed by atoms with Crippen LogP contribution in [0.3, 0.4) is 0 Å². The summed E-state index contributed by atoms with van der Waals surface area (Å²) >= 11 is 0. The highest BCUT2D eigenvalue weighted by Crippen LogP contribution is 2.39. The van der Waals surface area contributed by atoms with Crippen LogP contribution in [0.25, 0.3) is 0 Å². The number of aromatic nitrogens is 2. The van der Waals surface area contributed by atoms with E-state index in [1.165, 1.54) is 10.8 Å². The van der Waals surface area contributed by atoms with Gasteiger partial charge >= 0.3 is 5.95 Å². The molecule has 0 aliphatic rings. The Bertz CT molecular complexity index is 477. The molecule has 0 bridgehead atoms. The van der Waals surface area contributed by atoms with Gasteiger partial charge in [-0.3, -0.25) is 4.57 Å².